The van der Waals surface area contributed by atoms with Crippen LogP contribution in [-0.4, -0.2) is 41.2 Å². The fraction of sp³-hybridized carbons (Fsp3) is 0.423. The zero-order chi connectivity index (χ0) is 22.7. The van der Waals surface area contributed by atoms with Gasteiger partial charge in [-0.2, -0.15) is 5.10 Å². The van der Waals surface area contributed by atoms with Gasteiger partial charge < -0.3 is 10.8 Å². The van der Waals surface area contributed by atoms with Crippen LogP contribution in [0.25, 0.3) is 0 Å². The number of aryl methyl sites for hydroxylation is 1. The lowest BCUT2D eigenvalue weighted by molar-refractivity contribution is -0.139. The normalized spacial score (nSPS) is 22.8. The fourth-order valence-electron chi connectivity index (χ4n) is 5.03. The van der Waals surface area contributed by atoms with Crippen molar-refractivity contribution in [3.63, 3.8) is 0 Å². The molecule has 2 aromatic carbocycles. The molecule has 0 saturated carbocycles. The molecule has 0 amide bonds. The van der Waals surface area contributed by atoms with Crippen LogP contribution < -0.4 is 5.73 Å². The van der Waals surface area contributed by atoms with E-state index in [4.69, 9.17) is 5.73 Å². The molecule has 1 fully saturated rings. The van der Waals surface area contributed by atoms with E-state index in [1.807, 2.05) is 55.6 Å². The van der Waals surface area contributed by atoms with Crippen LogP contribution in [0.1, 0.15) is 71.6 Å². The van der Waals surface area contributed by atoms with Crippen molar-refractivity contribution in [2.45, 2.75) is 51.0 Å². The molecule has 6 nitrogen and oxygen atoms in total. The summed E-state index contributed by atoms with van der Waals surface area (Å²) in [6.07, 6.45) is 6.40. The number of benzene rings is 2. The molecular weight excluding hydrogens is 402 g/mol. The molecule has 168 valence electrons. The van der Waals surface area contributed by atoms with Crippen LogP contribution >= 0.6 is 0 Å². The predicted molar refractivity (Wildman–Crippen MR) is 125 cm³/mol. The lowest BCUT2D eigenvalue weighted by atomic mass is 9.67. The average molecular weight is 434 g/mol. The van der Waals surface area contributed by atoms with Gasteiger partial charge in [-0.15, -0.1) is 0 Å². The molecule has 2 aromatic rings. The van der Waals surface area contributed by atoms with Crippen LogP contribution in [-0.2, 0) is 16.8 Å². The maximum Gasteiger partial charge on any atom is 0.303 e. The monoisotopic (exact) mass is 433 g/mol. The number of hydrazone groups is 1. The van der Waals surface area contributed by atoms with E-state index in [1.165, 1.54) is 12.8 Å². The van der Waals surface area contributed by atoms with E-state index in [0.29, 0.717) is 24.0 Å². The molecule has 1 aliphatic carbocycles. The van der Waals surface area contributed by atoms with Crippen LogP contribution in [0.4, 0.5) is 0 Å². The highest BCUT2D eigenvalue weighted by atomic mass is 16.4. The highest BCUT2D eigenvalue weighted by Crippen LogP contribution is 2.42. The van der Waals surface area contributed by atoms with Crippen molar-refractivity contribution in [3.05, 3.63) is 70.3 Å². The van der Waals surface area contributed by atoms with Crippen LogP contribution in [0, 0.1) is 5.92 Å². The van der Waals surface area contributed by atoms with E-state index >= 15 is 0 Å². The number of carboxylic acid groups (broad SMARTS) is 1. The molecule has 2 unspecified atom stereocenters. The van der Waals surface area contributed by atoms with Gasteiger partial charge in [-0.3, -0.25) is 14.6 Å². The highest BCUT2D eigenvalue weighted by molar-refractivity contribution is 6.09. The quantitative estimate of drug-likeness (QED) is 0.509. The largest absolute Gasteiger partial charge is 0.481 e. The van der Waals surface area contributed by atoms with Gasteiger partial charge >= 0.3 is 5.97 Å². The first-order valence-corrected chi connectivity index (χ1v) is 11.5. The number of carbonyl (C=O) groups excluding carboxylic acids is 1. The number of nitrogens with zero attached hydrogens (tertiary/aromatic N) is 2. The number of carbonyl (C=O) groups is 2. The summed E-state index contributed by atoms with van der Waals surface area (Å²) in [4.78, 5) is 24.4. The Bertz CT molecular complexity index is 1030. The maximum atomic E-state index is 13.1. The molecule has 0 radical (unpaired) electrons. The summed E-state index contributed by atoms with van der Waals surface area (Å²) >= 11 is 0. The fourth-order valence-corrected chi connectivity index (χ4v) is 5.03. The summed E-state index contributed by atoms with van der Waals surface area (Å²) in [5.41, 5.74) is 10.3. The minimum atomic E-state index is -0.817. The van der Waals surface area contributed by atoms with Gasteiger partial charge in [0.25, 0.3) is 0 Å². The van der Waals surface area contributed by atoms with Crippen molar-refractivity contribution in [2.75, 3.05) is 13.1 Å². The first-order valence-electron chi connectivity index (χ1n) is 11.5. The third-order valence-corrected chi connectivity index (χ3v) is 6.99. The van der Waals surface area contributed by atoms with Crippen molar-refractivity contribution in [1.82, 2.24) is 5.01 Å². The number of hydrogen-bond acceptors (Lipinski definition) is 5. The average Bonchev–Trinajstić information content (AvgIpc) is 3.33. The summed E-state index contributed by atoms with van der Waals surface area (Å²) in [6.45, 7) is 4.01. The number of carboxylic acids is 1. The Hall–Kier alpha value is -2.99. The summed E-state index contributed by atoms with van der Waals surface area (Å²) in [5.74, 6) is -0.945. The Morgan fingerprint density at radius 2 is 1.84 bits per heavy atom. The summed E-state index contributed by atoms with van der Waals surface area (Å²) in [7, 11) is 0. The number of ketones is 1. The van der Waals surface area contributed by atoms with Gasteiger partial charge in [-0.1, -0.05) is 43.3 Å². The second-order valence-electron chi connectivity index (χ2n) is 8.96. The van der Waals surface area contributed by atoms with E-state index in [1.54, 1.807) is 0 Å². The Balaban J connectivity index is 1.52. The van der Waals surface area contributed by atoms with Crippen LogP contribution in [0.5, 0.6) is 0 Å². The first-order chi connectivity index (χ1) is 15.4. The van der Waals surface area contributed by atoms with E-state index < -0.39 is 11.5 Å². The summed E-state index contributed by atoms with van der Waals surface area (Å²) < 4.78 is 0. The number of aliphatic carboxylic acids is 1. The van der Waals surface area contributed by atoms with Gasteiger partial charge in [0, 0.05) is 29.8 Å². The van der Waals surface area contributed by atoms with E-state index in [9.17, 15) is 14.7 Å². The van der Waals surface area contributed by atoms with Crippen LogP contribution in [0.2, 0.25) is 0 Å². The SMILES string of the molecule is CCC1(N)c2ccc(C(=O)c3ccc(C=NN4CCCC4)cc3)cc2CCC1CC(=O)O. The van der Waals surface area contributed by atoms with Gasteiger partial charge in [0.15, 0.2) is 5.78 Å². The minimum Gasteiger partial charge on any atom is -0.481 e. The maximum absolute atomic E-state index is 13.1. The standard InChI is InChI=1S/C26H31N3O3/c1-2-26(27)22(16-24(30)31)11-9-20-15-21(10-12-23(20)26)25(32)19-7-5-18(6-8-19)17-28-29-13-3-4-14-29/h5-8,10,12,15,17,22H,2-4,9,11,13-14,16,27H2,1H3,(H,30,31). The van der Waals surface area contributed by atoms with Gasteiger partial charge in [0.2, 0.25) is 0 Å². The Kier molecular flexibility index (Phi) is 6.42. The Labute approximate surface area is 189 Å². The molecule has 2 aliphatic rings. The molecule has 1 aliphatic heterocycles. The molecule has 0 aromatic heterocycles. The van der Waals surface area contributed by atoms with E-state index in [2.05, 4.69) is 10.1 Å². The van der Waals surface area contributed by atoms with Gasteiger partial charge in [0.1, 0.15) is 0 Å². The predicted octanol–water partition coefficient (Wildman–Crippen LogP) is 3.95. The molecule has 6 heteroatoms. The van der Waals surface area contributed by atoms with Gasteiger partial charge in [0.05, 0.1) is 12.6 Å². The zero-order valence-electron chi connectivity index (χ0n) is 18.6. The second kappa shape index (κ2) is 9.25. The Morgan fingerprint density at radius 1 is 1.16 bits per heavy atom. The molecule has 1 heterocycles. The van der Waals surface area contributed by atoms with Crippen molar-refractivity contribution in [1.29, 1.82) is 0 Å². The third-order valence-electron chi connectivity index (χ3n) is 6.99. The van der Waals surface area contributed by atoms with Crippen molar-refractivity contribution in [3.8, 4) is 0 Å². The minimum absolute atomic E-state index is 0.0254. The topological polar surface area (TPSA) is 96.0 Å². The second-order valence-corrected chi connectivity index (χ2v) is 8.96. The summed E-state index contributed by atoms with van der Waals surface area (Å²) in [5, 5.41) is 15.8. The number of hydrogen-bond donors (Lipinski definition) is 2. The molecule has 32 heavy (non-hydrogen) atoms. The summed E-state index contributed by atoms with van der Waals surface area (Å²) in [6, 6.07) is 13.2. The van der Waals surface area contributed by atoms with Crippen molar-refractivity contribution >= 4 is 18.0 Å². The molecule has 4 rings (SSSR count). The van der Waals surface area contributed by atoms with Crippen molar-refractivity contribution < 1.29 is 14.7 Å². The Morgan fingerprint density at radius 3 is 2.50 bits per heavy atom. The van der Waals surface area contributed by atoms with Gasteiger partial charge in [-0.05, 0) is 60.8 Å². The molecule has 3 N–H and O–H groups in total. The highest BCUT2D eigenvalue weighted by Gasteiger charge is 2.40. The number of nitrogens with two attached hydrogens (primary N) is 1. The lowest BCUT2D eigenvalue weighted by Crippen LogP contribution is -2.47. The molecule has 0 spiro atoms. The van der Waals surface area contributed by atoms with Crippen LogP contribution in [0.15, 0.2) is 47.6 Å². The lowest BCUT2D eigenvalue weighted by Gasteiger charge is -2.42. The van der Waals surface area contributed by atoms with Crippen molar-refractivity contribution in [2.24, 2.45) is 16.8 Å². The number of rotatable bonds is 7. The molecular formula is C26H31N3O3. The zero-order valence-corrected chi connectivity index (χ0v) is 18.6. The first kappa shape index (κ1) is 22.2. The number of fused-ring (bicyclic) bond motifs is 1. The molecule has 2 atom stereocenters. The van der Waals surface area contributed by atoms with E-state index in [0.717, 1.165) is 36.2 Å². The molecule has 1 saturated heterocycles. The van der Waals surface area contributed by atoms with Gasteiger partial charge in [-0.25, -0.2) is 0 Å². The van der Waals surface area contributed by atoms with Crippen LogP contribution in [0.3, 0.4) is 0 Å². The van der Waals surface area contributed by atoms with E-state index in [-0.39, 0.29) is 18.1 Å². The molecule has 0 bridgehead atoms. The third kappa shape index (κ3) is 4.46. The smallest absolute Gasteiger partial charge is 0.303 e.